The molecule has 0 saturated carbocycles. The van der Waals surface area contributed by atoms with Crippen LogP contribution in [0.2, 0.25) is 0 Å². The number of piperazine rings is 1. The first-order valence-electron chi connectivity index (χ1n) is 7.51. The van der Waals surface area contributed by atoms with Crippen molar-refractivity contribution in [3.63, 3.8) is 0 Å². The zero-order chi connectivity index (χ0) is 13.9. The molecule has 0 radical (unpaired) electrons. The molecular formula is C16H24BrCl2N3. The third-order valence-electron chi connectivity index (χ3n) is 4.19. The topological polar surface area (TPSA) is 31.1 Å². The Balaban J connectivity index is 0.00000121. The van der Waals surface area contributed by atoms with Gasteiger partial charge in [-0.25, -0.2) is 0 Å². The maximum absolute atomic E-state index is 3.60. The average Bonchev–Trinajstić information content (AvgIpc) is 2.88. The highest BCUT2D eigenvalue weighted by molar-refractivity contribution is 9.10. The van der Waals surface area contributed by atoms with E-state index >= 15 is 0 Å². The molecule has 2 N–H and O–H groups in total. The quantitative estimate of drug-likeness (QED) is 0.778. The average molecular weight is 409 g/mol. The Morgan fingerprint density at radius 2 is 1.95 bits per heavy atom. The highest BCUT2D eigenvalue weighted by Crippen LogP contribution is 2.33. The fourth-order valence-corrected chi connectivity index (χ4v) is 3.55. The lowest BCUT2D eigenvalue weighted by Crippen LogP contribution is -2.45. The normalized spacial score (nSPS) is 16.8. The van der Waals surface area contributed by atoms with Crippen LogP contribution in [0.5, 0.6) is 0 Å². The molecule has 0 bridgehead atoms. The summed E-state index contributed by atoms with van der Waals surface area (Å²) < 4.78 is 1.15. The van der Waals surface area contributed by atoms with Crippen LogP contribution in [0.1, 0.15) is 31.4 Å². The van der Waals surface area contributed by atoms with Gasteiger partial charge in [0.2, 0.25) is 0 Å². The fraction of sp³-hybridized carbons (Fsp3) is 0.500. The molecule has 1 saturated heterocycles. The van der Waals surface area contributed by atoms with Crippen LogP contribution < -0.4 is 5.32 Å². The van der Waals surface area contributed by atoms with E-state index in [0.29, 0.717) is 6.04 Å². The summed E-state index contributed by atoms with van der Waals surface area (Å²) >= 11 is 3.60. The van der Waals surface area contributed by atoms with Crippen LogP contribution in [0.4, 0.5) is 0 Å². The number of halogens is 3. The molecule has 2 aromatic rings. The van der Waals surface area contributed by atoms with Crippen LogP contribution in [0.15, 0.2) is 28.9 Å². The minimum absolute atomic E-state index is 0. The summed E-state index contributed by atoms with van der Waals surface area (Å²) in [6.45, 7) is 6.77. The number of aromatic nitrogens is 1. The van der Waals surface area contributed by atoms with Gasteiger partial charge in [0.1, 0.15) is 0 Å². The number of H-pyrrole nitrogens is 1. The molecule has 0 amide bonds. The van der Waals surface area contributed by atoms with Gasteiger partial charge in [0.15, 0.2) is 0 Å². The third kappa shape index (κ3) is 4.18. The molecule has 3 nitrogen and oxygen atoms in total. The van der Waals surface area contributed by atoms with E-state index in [-0.39, 0.29) is 24.8 Å². The van der Waals surface area contributed by atoms with Gasteiger partial charge in [-0.3, -0.25) is 4.90 Å². The number of fused-ring (bicyclic) bond motifs is 1. The van der Waals surface area contributed by atoms with Crippen LogP contribution in [0.3, 0.4) is 0 Å². The second-order valence-corrected chi connectivity index (χ2v) is 6.44. The summed E-state index contributed by atoms with van der Waals surface area (Å²) in [4.78, 5) is 6.06. The highest BCUT2D eigenvalue weighted by Gasteiger charge is 2.23. The van der Waals surface area contributed by atoms with Gasteiger partial charge in [-0.2, -0.15) is 0 Å². The first-order valence-corrected chi connectivity index (χ1v) is 8.30. The van der Waals surface area contributed by atoms with Gasteiger partial charge < -0.3 is 10.3 Å². The third-order valence-corrected chi connectivity index (χ3v) is 4.68. The molecule has 0 unspecified atom stereocenters. The van der Waals surface area contributed by atoms with Crippen molar-refractivity contribution in [2.75, 3.05) is 26.2 Å². The van der Waals surface area contributed by atoms with Crippen molar-refractivity contribution in [3.05, 3.63) is 34.4 Å². The standard InChI is InChI=1S/C16H22BrN3.2ClH/c1-2-3-16(20-8-6-18-7-9-20)14-11-19-15-5-4-12(17)10-13(14)15;;/h4-5,10-11,16,18-19H,2-3,6-9H2,1H3;2*1H/t16-;;/m1../s1. The molecule has 6 heteroatoms. The van der Waals surface area contributed by atoms with Gasteiger partial charge in [0, 0.05) is 53.8 Å². The lowest BCUT2D eigenvalue weighted by molar-refractivity contribution is 0.165. The zero-order valence-corrected chi connectivity index (χ0v) is 16.0. The molecule has 22 heavy (non-hydrogen) atoms. The minimum atomic E-state index is 0. The zero-order valence-electron chi connectivity index (χ0n) is 12.8. The highest BCUT2D eigenvalue weighted by atomic mass is 79.9. The van der Waals surface area contributed by atoms with Crippen molar-refractivity contribution < 1.29 is 0 Å². The monoisotopic (exact) mass is 407 g/mol. The maximum atomic E-state index is 3.60. The Labute approximate surface area is 153 Å². The van der Waals surface area contributed by atoms with Crippen LogP contribution >= 0.6 is 40.7 Å². The Morgan fingerprint density at radius 3 is 2.64 bits per heavy atom. The lowest BCUT2D eigenvalue weighted by Gasteiger charge is -2.35. The van der Waals surface area contributed by atoms with Gasteiger partial charge in [-0.15, -0.1) is 24.8 Å². The fourth-order valence-electron chi connectivity index (χ4n) is 3.19. The van der Waals surface area contributed by atoms with Gasteiger partial charge in [-0.05, 0) is 30.2 Å². The minimum Gasteiger partial charge on any atom is -0.361 e. The van der Waals surface area contributed by atoms with Crippen LogP contribution in [-0.2, 0) is 0 Å². The maximum Gasteiger partial charge on any atom is 0.0458 e. The van der Waals surface area contributed by atoms with Crippen molar-refractivity contribution >= 4 is 51.6 Å². The molecule has 0 aliphatic carbocycles. The molecular weight excluding hydrogens is 385 g/mol. The molecule has 0 spiro atoms. The van der Waals surface area contributed by atoms with Crippen molar-refractivity contribution in [2.24, 2.45) is 0 Å². The van der Waals surface area contributed by atoms with Gasteiger partial charge in [0.05, 0.1) is 0 Å². The summed E-state index contributed by atoms with van der Waals surface area (Å²) in [5.41, 5.74) is 2.68. The van der Waals surface area contributed by atoms with E-state index in [1.54, 1.807) is 0 Å². The largest absolute Gasteiger partial charge is 0.361 e. The van der Waals surface area contributed by atoms with Gasteiger partial charge in [-0.1, -0.05) is 29.3 Å². The number of hydrogen-bond donors (Lipinski definition) is 2. The number of hydrogen-bond acceptors (Lipinski definition) is 2. The number of benzene rings is 1. The van der Waals surface area contributed by atoms with Crippen molar-refractivity contribution in [1.82, 2.24) is 15.2 Å². The predicted octanol–water partition coefficient (Wildman–Crippen LogP) is 4.52. The molecule has 124 valence electrons. The SMILES string of the molecule is CCC[C@H](c1c[nH]c2ccc(Br)cc12)N1CCNCC1.Cl.Cl. The Morgan fingerprint density at radius 1 is 1.23 bits per heavy atom. The van der Waals surface area contributed by atoms with Crippen LogP contribution in [0, 0.1) is 0 Å². The molecule has 1 aromatic heterocycles. The van der Waals surface area contributed by atoms with E-state index in [9.17, 15) is 0 Å². The lowest BCUT2D eigenvalue weighted by atomic mass is 9.99. The molecule has 1 aliphatic rings. The summed E-state index contributed by atoms with van der Waals surface area (Å²) in [5, 5.41) is 4.80. The van der Waals surface area contributed by atoms with Crippen LogP contribution in [0.25, 0.3) is 10.9 Å². The van der Waals surface area contributed by atoms with Crippen molar-refractivity contribution in [1.29, 1.82) is 0 Å². The molecule has 1 fully saturated rings. The number of nitrogens with one attached hydrogen (secondary N) is 2. The number of aromatic amines is 1. The molecule has 3 rings (SSSR count). The summed E-state index contributed by atoms with van der Waals surface area (Å²) in [6, 6.07) is 7.03. The van der Waals surface area contributed by atoms with E-state index in [2.05, 4.69) is 62.5 Å². The number of rotatable bonds is 4. The summed E-state index contributed by atoms with van der Waals surface area (Å²) in [7, 11) is 0. The van der Waals surface area contributed by atoms with Crippen LogP contribution in [-0.4, -0.2) is 36.1 Å². The summed E-state index contributed by atoms with van der Waals surface area (Å²) in [6.07, 6.45) is 4.65. The number of nitrogens with zero attached hydrogens (tertiary/aromatic N) is 1. The van der Waals surface area contributed by atoms with E-state index < -0.39 is 0 Å². The second-order valence-electron chi connectivity index (χ2n) is 5.52. The molecule has 1 aromatic carbocycles. The van der Waals surface area contributed by atoms with Crippen molar-refractivity contribution in [2.45, 2.75) is 25.8 Å². The Kier molecular flexibility index (Phi) is 8.22. The van der Waals surface area contributed by atoms with Crippen molar-refractivity contribution in [3.8, 4) is 0 Å². The first kappa shape index (κ1) is 19.8. The first-order chi connectivity index (χ1) is 9.79. The molecule has 2 heterocycles. The Bertz CT molecular complexity index is 582. The summed E-state index contributed by atoms with van der Waals surface area (Å²) in [5.74, 6) is 0. The Hall–Kier alpha value is -0.260. The smallest absolute Gasteiger partial charge is 0.0458 e. The van der Waals surface area contributed by atoms with E-state index in [4.69, 9.17) is 0 Å². The van der Waals surface area contributed by atoms with Gasteiger partial charge >= 0.3 is 0 Å². The van der Waals surface area contributed by atoms with E-state index in [0.717, 1.165) is 30.7 Å². The molecule has 1 aliphatic heterocycles. The predicted molar refractivity (Wildman–Crippen MR) is 103 cm³/mol. The van der Waals surface area contributed by atoms with E-state index in [1.807, 2.05) is 0 Å². The van der Waals surface area contributed by atoms with Gasteiger partial charge in [0.25, 0.3) is 0 Å². The van der Waals surface area contributed by atoms with E-state index in [1.165, 1.54) is 29.3 Å². The molecule has 1 atom stereocenters. The second kappa shape index (κ2) is 9.14.